The van der Waals surface area contributed by atoms with Gasteiger partial charge in [-0.1, -0.05) is 36.7 Å². The normalized spacial score (nSPS) is 10.9. The topological polar surface area (TPSA) is 83.5 Å². The van der Waals surface area contributed by atoms with E-state index in [0.717, 1.165) is 39.8 Å². The number of hydrogen-bond donors (Lipinski definition) is 3. The number of methoxy groups -OCH3 is 1. The highest BCUT2D eigenvalue weighted by atomic mass is 35.5. The van der Waals surface area contributed by atoms with Gasteiger partial charge in [-0.25, -0.2) is 0 Å². The number of ether oxygens (including phenoxy) is 1. The Morgan fingerprint density at radius 1 is 1.09 bits per heavy atom. The third-order valence-electron chi connectivity index (χ3n) is 5.68. The fraction of sp³-hybridized carbons (Fsp3) is 0.185. The first kappa shape index (κ1) is 23.5. The number of hydrogen-bond acceptors (Lipinski definition) is 6. The van der Waals surface area contributed by atoms with Gasteiger partial charge in [-0.2, -0.15) is 0 Å². The van der Waals surface area contributed by atoms with E-state index in [1.807, 2.05) is 56.4 Å². The van der Waals surface area contributed by atoms with Crippen molar-refractivity contribution in [2.45, 2.75) is 19.9 Å². The molecule has 3 aromatic carbocycles. The Morgan fingerprint density at radius 3 is 2.53 bits per heavy atom. The molecule has 0 spiro atoms. The summed E-state index contributed by atoms with van der Waals surface area (Å²) in [6.45, 7) is 2.62. The smallest absolute Gasteiger partial charge is 0.176 e. The van der Waals surface area contributed by atoms with Crippen molar-refractivity contribution >= 4 is 39.7 Å². The molecular weight excluding hydrogens is 450 g/mol. The van der Waals surface area contributed by atoms with E-state index in [9.17, 15) is 9.90 Å². The molecule has 4 rings (SSSR count). The van der Waals surface area contributed by atoms with Crippen molar-refractivity contribution in [1.29, 1.82) is 0 Å². The van der Waals surface area contributed by atoms with Crippen LogP contribution in [0.15, 0.2) is 60.8 Å². The zero-order valence-corrected chi connectivity index (χ0v) is 20.0. The highest BCUT2D eigenvalue weighted by molar-refractivity contribution is 6.32. The number of nitrogens with one attached hydrogen (secondary N) is 2. The molecule has 0 fully saturated rings. The van der Waals surface area contributed by atoms with Gasteiger partial charge >= 0.3 is 0 Å². The Kier molecular flexibility index (Phi) is 7.01. The van der Waals surface area contributed by atoms with Gasteiger partial charge in [-0.05, 0) is 60.1 Å². The number of aromatic nitrogens is 1. The first-order valence-electron chi connectivity index (χ1n) is 11.0. The number of halogens is 1. The van der Waals surface area contributed by atoms with E-state index in [-0.39, 0.29) is 22.3 Å². The van der Waals surface area contributed by atoms with Crippen molar-refractivity contribution in [2.24, 2.45) is 0 Å². The average molecular weight is 476 g/mol. The molecule has 4 aromatic rings. The summed E-state index contributed by atoms with van der Waals surface area (Å²) in [4.78, 5) is 17.3. The minimum Gasteiger partial charge on any atom is -0.503 e. The summed E-state index contributed by atoms with van der Waals surface area (Å²) in [6, 6.07) is 17.3. The number of fused-ring (bicyclic) bond motifs is 1. The van der Waals surface area contributed by atoms with Crippen LogP contribution in [0.1, 0.15) is 29.3 Å². The van der Waals surface area contributed by atoms with Crippen LogP contribution in [0.4, 0.5) is 11.4 Å². The van der Waals surface area contributed by atoms with E-state index >= 15 is 0 Å². The van der Waals surface area contributed by atoms with Gasteiger partial charge in [0, 0.05) is 30.2 Å². The highest BCUT2D eigenvalue weighted by Crippen LogP contribution is 2.40. The summed E-state index contributed by atoms with van der Waals surface area (Å²) in [5.41, 5.74) is 5.65. The second-order valence-electron chi connectivity index (χ2n) is 7.92. The van der Waals surface area contributed by atoms with Gasteiger partial charge in [0.25, 0.3) is 0 Å². The number of Topliss-reactive ketones (excluding diaryl/α,β-unsaturated/α-hetero) is 1. The van der Waals surface area contributed by atoms with Crippen molar-refractivity contribution in [3.8, 4) is 22.6 Å². The molecule has 3 N–H and O–H groups in total. The number of carbonyl (C=O) groups excluding carboxylic acids is 1. The average Bonchev–Trinajstić information content (AvgIpc) is 2.86. The molecule has 0 radical (unpaired) electrons. The Hall–Kier alpha value is -3.61. The first-order valence-corrected chi connectivity index (χ1v) is 11.4. The quantitative estimate of drug-likeness (QED) is 0.258. The summed E-state index contributed by atoms with van der Waals surface area (Å²) in [5.74, 6) is 0.189. The second-order valence-corrected chi connectivity index (χ2v) is 8.32. The molecule has 0 bridgehead atoms. The number of phenols is 1. The fourth-order valence-corrected chi connectivity index (χ4v) is 4.07. The molecule has 0 aliphatic rings. The Balaban J connectivity index is 1.86. The molecule has 0 aliphatic carbocycles. The number of carbonyl (C=O) groups is 1. The molecule has 1 aromatic heterocycles. The van der Waals surface area contributed by atoms with E-state index < -0.39 is 0 Å². The Bertz CT molecular complexity index is 1350. The van der Waals surface area contributed by atoms with Gasteiger partial charge in [0.2, 0.25) is 0 Å². The molecule has 6 nitrogen and oxygen atoms in total. The minimum absolute atomic E-state index is 0.00320. The van der Waals surface area contributed by atoms with E-state index in [0.29, 0.717) is 17.7 Å². The van der Waals surface area contributed by atoms with Crippen molar-refractivity contribution in [2.75, 3.05) is 19.5 Å². The molecule has 0 saturated heterocycles. The van der Waals surface area contributed by atoms with Gasteiger partial charge in [0.05, 0.1) is 28.9 Å². The number of pyridine rings is 1. The molecule has 0 aliphatic heterocycles. The molecule has 0 unspecified atom stereocenters. The van der Waals surface area contributed by atoms with Crippen LogP contribution in [-0.2, 0) is 6.54 Å². The lowest BCUT2D eigenvalue weighted by molar-refractivity contribution is 0.0989. The van der Waals surface area contributed by atoms with Gasteiger partial charge in [-0.3, -0.25) is 9.78 Å². The van der Waals surface area contributed by atoms with Crippen LogP contribution >= 0.6 is 11.6 Å². The summed E-state index contributed by atoms with van der Waals surface area (Å²) in [7, 11) is 3.39. The van der Waals surface area contributed by atoms with E-state index in [1.54, 1.807) is 18.3 Å². The van der Waals surface area contributed by atoms with E-state index in [4.69, 9.17) is 16.3 Å². The fourth-order valence-electron chi connectivity index (χ4n) is 3.86. The summed E-state index contributed by atoms with van der Waals surface area (Å²) < 4.78 is 5.26. The van der Waals surface area contributed by atoms with Crippen molar-refractivity contribution < 1.29 is 14.6 Å². The second kappa shape index (κ2) is 10.1. The maximum Gasteiger partial charge on any atom is 0.176 e. The predicted octanol–water partition coefficient (Wildman–Crippen LogP) is 6.33. The van der Waals surface area contributed by atoms with Crippen LogP contribution in [0.5, 0.6) is 11.5 Å². The number of phenolic OH excluding ortho intramolecular Hbond substituents is 1. The molecule has 0 saturated carbocycles. The number of ketones is 1. The molecular formula is C27H26ClN3O3. The number of rotatable bonds is 8. The molecule has 0 amide bonds. The summed E-state index contributed by atoms with van der Waals surface area (Å²) >= 11 is 6.22. The van der Waals surface area contributed by atoms with Gasteiger partial charge in [0.1, 0.15) is 0 Å². The lowest BCUT2D eigenvalue weighted by Crippen LogP contribution is -2.06. The SMILES string of the molecule is CCC(=O)c1cnc2ccc(-c3cc(Cl)c(O)c(OC)c3)cc2c1Nc1ccc(CNC)cc1. The van der Waals surface area contributed by atoms with Gasteiger partial charge in [-0.15, -0.1) is 0 Å². The molecule has 7 heteroatoms. The Labute approximate surface area is 203 Å². The molecule has 0 atom stereocenters. The van der Waals surface area contributed by atoms with Crippen LogP contribution in [0.2, 0.25) is 5.02 Å². The van der Waals surface area contributed by atoms with Crippen molar-refractivity contribution in [1.82, 2.24) is 10.3 Å². The number of nitrogens with zero attached hydrogens (tertiary/aromatic N) is 1. The van der Waals surface area contributed by atoms with Gasteiger partial charge < -0.3 is 20.5 Å². The highest BCUT2D eigenvalue weighted by Gasteiger charge is 2.17. The van der Waals surface area contributed by atoms with Crippen LogP contribution < -0.4 is 15.4 Å². The number of anilines is 2. The largest absolute Gasteiger partial charge is 0.503 e. The third kappa shape index (κ3) is 4.69. The first-order chi connectivity index (χ1) is 16.4. The molecule has 34 heavy (non-hydrogen) atoms. The van der Waals surface area contributed by atoms with Gasteiger partial charge in [0.15, 0.2) is 17.3 Å². The molecule has 174 valence electrons. The standard InChI is InChI=1S/C27H26ClN3O3/c1-4-24(32)21-15-30-23-10-7-17(18-12-22(28)27(33)25(13-18)34-3)11-20(23)26(21)31-19-8-5-16(6-9-19)14-29-2/h5-13,15,29,33H,4,14H2,1-3H3,(H,30,31). The molecule has 1 heterocycles. The third-order valence-corrected chi connectivity index (χ3v) is 5.96. The van der Waals surface area contributed by atoms with Crippen LogP contribution in [0.25, 0.3) is 22.0 Å². The van der Waals surface area contributed by atoms with Crippen LogP contribution in [0, 0.1) is 0 Å². The maximum atomic E-state index is 12.8. The van der Waals surface area contributed by atoms with E-state index in [2.05, 4.69) is 15.6 Å². The van der Waals surface area contributed by atoms with Crippen LogP contribution in [-0.4, -0.2) is 30.0 Å². The lowest BCUT2D eigenvalue weighted by Gasteiger charge is -2.16. The predicted molar refractivity (Wildman–Crippen MR) is 138 cm³/mol. The van der Waals surface area contributed by atoms with Crippen molar-refractivity contribution in [3.63, 3.8) is 0 Å². The minimum atomic E-state index is -0.102. The summed E-state index contributed by atoms with van der Waals surface area (Å²) in [6.07, 6.45) is 2.00. The number of aromatic hydroxyl groups is 1. The van der Waals surface area contributed by atoms with Crippen molar-refractivity contribution in [3.05, 3.63) is 76.9 Å². The Morgan fingerprint density at radius 2 is 1.85 bits per heavy atom. The lowest BCUT2D eigenvalue weighted by atomic mass is 9.99. The zero-order valence-electron chi connectivity index (χ0n) is 19.3. The number of benzene rings is 3. The zero-order chi connectivity index (χ0) is 24.2. The summed E-state index contributed by atoms with van der Waals surface area (Å²) in [5, 5.41) is 17.7. The van der Waals surface area contributed by atoms with Crippen LogP contribution in [0.3, 0.4) is 0 Å². The monoisotopic (exact) mass is 475 g/mol. The van der Waals surface area contributed by atoms with E-state index in [1.165, 1.54) is 7.11 Å². The maximum absolute atomic E-state index is 12.8.